The average Bonchev–Trinajstić information content (AvgIpc) is 3.38. The summed E-state index contributed by atoms with van der Waals surface area (Å²) in [4.78, 5) is 12.7. The molecule has 1 aromatic heterocycles. The third-order valence-corrected chi connectivity index (χ3v) is 7.79. The van der Waals surface area contributed by atoms with E-state index >= 15 is 0 Å². The lowest BCUT2D eigenvalue weighted by Gasteiger charge is -2.23. The smallest absolute Gasteiger partial charge is 0.253 e. The summed E-state index contributed by atoms with van der Waals surface area (Å²) in [6.07, 6.45) is 1.17. The molecule has 0 saturated carbocycles. The Hall–Kier alpha value is -2.10. The molecule has 146 valence electrons. The number of nitrogens with zero attached hydrogens (tertiary/aromatic N) is 1. The van der Waals surface area contributed by atoms with Gasteiger partial charge in [-0.25, -0.2) is 8.42 Å². The van der Waals surface area contributed by atoms with Gasteiger partial charge in [0.2, 0.25) is 5.91 Å². The number of amides is 1. The van der Waals surface area contributed by atoms with Crippen molar-refractivity contribution in [3.8, 4) is 11.5 Å². The Kier molecular flexibility index (Phi) is 6.03. The highest BCUT2D eigenvalue weighted by Gasteiger charge is 2.39. The summed E-state index contributed by atoms with van der Waals surface area (Å²) in [6, 6.07) is 7.90. The van der Waals surface area contributed by atoms with E-state index in [0.717, 1.165) is 16.9 Å². The number of carbonyl (C=O) groups excluding carboxylic acids is 1. The first-order valence-electron chi connectivity index (χ1n) is 8.51. The van der Waals surface area contributed by atoms with Gasteiger partial charge in [-0.05, 0) is 36.4 Å². The standard InChI is InChI=1S/C18H22N2O5S2/c1-24-14-8-7-13(16(11-14)25-2)12-19-18(21)15-5-3-9-20(15)27(22,23)17-6-4-10-26-17/h4,6-8,10-11,15H,3,5,9,12H2,1-2H3,(H,19,21). The molecule has 0 bridgehead atoms. The second kappa shape index (κ2) is 8.28. The minimum atomic E-state index is -3.64. The summed E-state index contributed by atoms with van der Waals surface area (Å²) in [5, 5.41) is 4.55. The van der Waals surface area contributed by atoms with Crippen LogP contribution in [0.2, 0.25) is 0 Å². The van der Waals surface area contributed by atoms with Gasteiger partial charge < -0.3 is 14.8 Å². The van der Waals surface area contributed by atoms with Crippen LogP contribution in [-0.4, -0.2) is 45.4 Å². The van der Waals surface area contributed by atoms with Gasteiger partial charge in [0.1, 0.15) is 21.8 Å². The van der Waals surface area contributed by atoms with Crippen molar-refractivity contribution in [1.82, 2.24) is 9.62 Å². The highest BCUT2D eigenvalue weighted by atomic mass is 32.2. The molecular weight excluding hydrogens is 388 g/mol. The first-order valence-corrected chi connectivity index (χ1v) is 10.8. The zero-order valence-electron chi connectivity index (χ0n) is 15.2. The molecule has 1 N–H and O–H groups in total. The van der Waals surface area contributed by atoms with E-state index in [4.69, 9.17) is 9.47 Å². The zero-order chi connectivity index (χ0) is 19.4. The van der Waals surface area contributed by atoms with Gasteiger partial charge in [-0.2, -0.15) is 4.31 Å². The van der Waals surface area contributed by atoms with Crippen LogP contribution in [0.5, 0.6) is 11.5 Å². The number of sulfonamides is 1. The van der Waals surface area contributed by atoms with Crippen molar-refractivity contribution in [2.45, 2.75) is 29.6 Å². The van der Waals surface area contributed by atoms with Gasteiger partial charge in [-0.3, -0.25) is 4.79 Å². The number of nitrogens with one attached hydrogen (secondary N) is 1. The summed E-state index contributed by atoms with van der Waals surface area (Å²) in [5.41, 5.74) is 0.789. The number of hydrogen-bond donors (Lipinski definition) is 1. The Balaban J connectivity index is 1.71. The lowest BCUT2D eigenvalue weighted by atomic mass is 10.1. The van der Waals surface area contributed by atoms with E-state index in [1.807, 2.05) is 6.07 Å². The maximum absolute atomic E-state index is 12.8. The fourth-order valence-electron chi connectivity index (χ4n) is 3.11. The van der Waals surface area contributed by atoms with Gasteiger partial charge >= 0.3 is 0 Å². The molecule has 1 fully saturated rings. The van der Waals surface area contributed by atoms with Crippen LogP contribution in [0.25, 0.3) is 0 Å². The molecule has 1 amide bonds. The molecule has 0 spiro atoms. The van der Waals surface area contributed by atoms with Crippen molar-refractivity contribution in [2.75, 3.05) is 20.8 Å². The second-order valence-electron chi connectivity index (χ2n) is 6.10. The zero-order valence-corrected chi connectivity index (χ0v) is 16.8. The fourth-order valence-corrected chi connectivity index (χ4v) is 5.89. The van der Waals surface area contributed by atoms with Crippen molar-refractivity contribution < 1.29 is 22.7 Å². The average molecular weight is 411 g/mol. The van der Waals surface area contributed by atoms with Crippen LogP contribution < -0.4 is 14.8 Å². The van der Waals surface area contributed by atoms with Crippen LogP contribution in [0.4, 0.5) is 0 Å². The molecule has 0 aliphatic carbocycles. The van der Waals surface area contributed by atoms with E-state index in [9.17, 15) is 13.2 Å². The quantitative estimate of drug-likeness (QED) is 0.757. The first kappa shape index (κ1) is 19.7. The highest BCUT2D eigenvalue weighted by Crippen LogP contribution is 2.29. The molecule has 1 aliphatic rings. The van der Waals surface area contributed by atoms with Gasteiger partial charge in [0.25, 0.3) is 10.0 Å². The normalized spacial score (nSPS) is 17.6. The van der Waals surface area contributed by atoms with E-state index in [1.165, 1.54) is 4.31 Å². The summed E-state index contributed by atoms with van der Waals surface area (Å²) >= 11 is 1.16. The molecule has 9 heteroatoms. The lowest BCUT2D eigenvalue weighted by molar-refractivity contribution is -0.124. The largest absolute Gasteiger partial charge is 0.497 e. The van der Waals surface area contributed by atoms with Crippen molar-refractivity contribution >= 4 is 27.3 Å². The molecule has 2 aromatic rings. The minimum Gasteiger partial charge on any atom is -0.497 e. The maximum Gasteiger partial charge on any atom is 0.253 e. The van der Waals surface area contributed by atoms with Gasteiger partial charge in [0.05, 0.1) is 14.2 Å². The highest BCUT2D eigenvalue weighted by molar-refractivity contribution is 7.91. The molecule has 7 nitrogen and oxygen atoms in total. The Morgan fingerprint density at radius 2 is 2.11 bits per heavy atom. The van der Waals surface area contributed by atoms with Gasteiger partial charge in [-0.15, -0.1) is 11.3 Å². The predicted octanol–water partition coefficient (Wildman–Crippen LogP) is 2.23. The number of ether oxygens (including phenoxy) is 2. The molecule has 27 heavy (non-hydrogen) atoms. The number of thiophene rings is 1. The van der Waals surface area contributed by atoms with E-state index in [2.05, 4.69) is 5.32 Å². The maximum atomic E-state index is 12.8. The van der Waals surface area contributed by atoms with E-state index < -0.39 is 16.1 Å². The van der Waals surface area contributed by atoms with E-state index in [-0.39, 0.29) is 16.7 Å². The van der Waals surface area contributed by atoms with Crippen molar-refractivity contribution in [3.05, 3.63) is 41.3 Å². The van der Waals surface area contributed by atoms with Crippen LogP contribution >= 0.6 is 11.3 Å². The third kappa shape index (κ3) is 4.10. The van der Waals surface area contributed by atoms with Gasteiger partial charge in [-0.1, -0.05) is 6.07 Å². The SMILES string of the molecule is COc1ccc(CNC(=O)C2CCCN2S(=O)(=O)c2cccs2)c(OC)c1. The second-order valence-corrected chi connectivity index (χ2v) is 9.17. The van der Waals surface area contributed by atoms with Crippen LogP contribution in [0.15, 0.2) is 39.9 Å². The molecule has 1 atom stereocenters. The molecule has 1 aromatic carbocycles. The van der Waals surface area contributed by atoms with Crippen LogP contribution in [-0.2, 0) is 21.4 Å². The van der Waals surface area contributed by atoms with Gasteiger partial charge in [0, 0.05) is 24.7 Å². The van der Waals surface area contributed by atoms with Crippen molar-refractivity contribution in [3.63, 3.8) is 0 Å². The van der Waals surface area contributed by atoms with E-state index in [1.54, 1.807) is 43.9 Å². The number of benzene rings is 1. The van der Waals surface area contributed by atoms with E-state index in [0.29, 0.717) is 30.9 Å². The van der Waals surface area contributed by atoms with Crippen molar-refractivity contribution in [2.24, 2.45) is 0 Å². The Morgan fingerprint density at radius 1 is 1.30 bits per heavy atom. The number of hydrogen-bond acceptors (Lipinski definition) is 6. The molecule has 0 radical (unpaired) electrons. The first-order chi connectivity index (χ1) is 13.0. The molecule has 1 unspecified atom stereocenters. The monoisotopic (exact) mass is 410 g/mol. The van der Waals surface area contributed by atoms with Crippen LogP contribution in [0.1, 0.15) is 18.4 Å². The molecule has 1 saturated heterocycles. The minimum absolute atomic E-state index is 0.245. The summed E-state index contributed by atoms with van der Waals surface area (Å²) in [5.74, 6) is 0.959. The molecule has 1 aliphatic heterocycles. The Morgan fingerprint density at radius 3 is 2.78 bits per heavy atom. The van der Waals surface area contributed by atoms with Crippen molar-refractivity contribution in [1.29, 1.82) is 0 Å². The van der Waals surface area contributed by atoms with Crippen LogP contribution in [0.3, 0.4) is 0 Å². The molecule has 3 rings (SSSR count). The lowest BCUT2D eigenvalue weighted by Crippen LogP contribution is -2.45. The number of carbonyl (C=O) groups is 1. The molecule has 2 heterocycles. The summed E-state index contributed by atoms with van der Waals surface area (Å²) in [6.45, 7) is 0.597. The molecular formula is C18H22N2O5S2. The summed E-state index contributed by atoms with van der Waals surface area (Å²) in [7, 11) is -0.528. The summed E-state index contributed by atoms with van der Waals surface area (Å²) < 4.78 is 37.6. The number of rotatable bonds is 7. The fraction of sp³-hybridized carbons (Fsp3) is 0.389. The Bertz CT molecular complexity index is 896. The third-order valence-electron chi connectivity index (χ3n) is 4.51. The number of methoxy groups -OCH3 is 2. The Labute approximate surface area is 163 Å². The van der Waals surface area contributed by atoms with Crippen LogP contribution in [0, 0.1) is 0 Å². The van der Waals surface area contributed by atoms with Gasteiger partial charge in [0.15, 0.2) is 0 Å². The topological polar surface area (TPSA) is 84.9 Å². The predicted molar refractivity (Wildman–Crippen MR) is 103 cm³/mol.